The Morgan fingerprint density at radius 3 is 2.58 bits per heavy atom. The van der Waals surface area contributed by atoms with Crippen molar-refractivity contribution >= 4 is 21.7 Å². The predicted molar refractivity (Wildman–Crippen MR) is 68.6 cm³/mol. The molecule has 0 fully saturated rings. The van der Waals surface area contributed by atoms with Gasteiger partial charge in [0.2, 0.25) is 10.0 Å². The molecular weight excluding hydrogens is 274 g/mol. The Hall–Kier alpha value is -1.61. The Labute approximate surface area is 111 Å². The van der Waals surface area contributed by atoms with Crippen molar-refractivity contribution in [3.05, 3.63) is 11.4 Å². The van der Waals surface area contributed by atoms with Gasteiger partial charge in [-0.25, -0.2) is 13.2 Å². The number of aromatic nitrogens is 2. The Morgan fingerprint density at radius 2 is 2.05 bits per heavy atom. The van der Waals surface area contributed by atoms with E-state index in [1.165, 1.54) is 18.9 Å². The molecule has 0 unspecified atom stereocenters. The minimum Gasteiger partial charge on any atom is -0.464 e. The maximum Gasteiger partial charge on any atom is 0.360 e. The second-order valence-electron chi connectivity index (χ2n) is 3.84. The molecule has 8 nitrogen and oxygen atoms in total. The number of sulfonamides is 1. The number of aryl methyl sites for hydroxylation is 1. The summed E-state index contributed by atoms with van der Waals surface area (Å²) in [5.41, 5.74) is 0.579. The monoisotopic (exact) mass is 291 g/mol. The lowest BCUT2D eigenvalue weighted by Crippen LogP contribution is -2.21. The number of ether oxygens (including phenoxy) is 2. The third-order valence-corrected chi connectivity index (χ3v) is 3.75. The van der Waals surface area contributed by atoms with Gasteiger partial charge in [0.05, 0.1) is 25.2 Å². The molecule has 108 valence electrons. The van der Waals surface area contributed by atoms with Crippen molar-refractivity contribution in [2.75, 3.05) is 31.3 Å². The third-order valence-electron chi connectivity index (χ3n) is 2.53. The van der Waals surface area contributed by atoms with Crippen LogP contribution in [0, 0.1) is 6.92 Å². The van der Waals surface area contributed by atoms with E-state index in [2.05, 4.69) is 14.6 Å². The van der Waals surface area contributed by atoms with Gasteiger partial charge < -0.3 is 9.47 Å². The van der Waals surface area contributed by atoms with E-state index in [4.69, 9.17) is 4.74 Å². The van der Waals surface area contributed by atoms with Crippen molar-refractivity contribution in [1.29, 1.82) is 0 Å². The quantitative estimate of drug-likeness (QED) is 0.735. The molecule has 0 aliphatic carbocycles. The Balaban J connectivity index is 3.10. The van der Waals surface area contributed by atoms with E-state index < -0.39 is 16.0 Å². The lowest BCUT2D eigenvalue weighted by Gasteiger charge is -2.08. The van der Waals surface area contributed by atoms with Gasteiger partial charge in [-0.1, -0.05) is 0 Å². The molecule has 0 aliphatic rings. The lowest BCUT2D eigenvalue weighted by molar-refractivity contribution is 0.0594. The number of nitrogens with one attached hydrogen (secondary N) is 1. The van der Waals surface area contributed by atoms with E-state index in [-0.39, 0.29) is 23.7 Å². The molecule has 0 radical (unpaired) electrons. The Bertz CT molecular complexity index is 564. The smallest absolute Gasteiger partial charge is 0.360 e. The zero-order valence-corrected chi connectivity index (χ0v) is 12.1. The molecule has 0 amide bonds. The van der Waals surface area contributed by atoms with Gasteiger partial charge in [0.25, 0.3) is 0 Å². The van der Waals surface area contributed by atoms with Crippen molar-refractivity contribution in [3.8, 4) is 0 Å². The number of methoxy groups -OCH3 is 2. The van der Waals surface area contributed by atoms with E-state index in [1.54, 1.807) is 14.0 Å². The second kappa shape index (κ2) is 6.02. The first-order chi connectivity index (χ1) is 8.82. The number of hydrogen-bond donors (Lipinski definition) is 1. The van der Waals surface area contributed by atoms with Gasteiger partial charge in [-0.2, -0.15) is 5.10 Å². The molecular formula is C10H17N3O5S. The molecule has 9 heteroatoms. The molecule has 1 N–H and O–H groups in total. The molecule has 1 aromatic heterocycles. The van der Waals surface area contributed by atoms with Gasteiger partial charge in [-0.15, -0.1) is 0 Å². The minimum atomic E-state index is -3.61. The standard InChI is InChI=1S/C10H17N3O5S/c1-7-8(12-19(15,16)6-5-17-3)9(10(14)18-4)11-13(7)2/h12H,5-6H2,1-4H3. The number of carbonyl (C=O) groups is 1. The predicted octanol–water partition coefficient (Wildman–Crippen LogP) is -0.0968. The first-order valence-electron chi connectivity index (χ1n) is 5.43. The first kappa shape index (κ1) is 15.4. The zero-order chi connectivity index (χ0) is 14.6. The molecule has 0 spiro atoms. The summed E-state index contributed by atoms with van der Waals surface area (Å²) in [6.45, 7) is 1.70. The molecule has 0 bridgehead atoms. The van der Waals surface area contributed by atoms with Crippen molar-refractivity contribution in [2.24, 2.45) is 7.05 Å². The summed E-state index contributed by atoms with van der Waals surface area (Å²) in [7, 11) is 0.611. The summed E-state index contributed by atoms with van der Waals surface area (Å²) >= 11 is 0. The molecule has 0 atom stereocenters. The fourth-order valence-corrected chi connectivity index (χ4v) is 2.41. The Morgan fingerprint density at radius 1 is 1.42 bits per heavy atom. The summed E-state index contributed by atoms with van der Waals surface area (Å²) in [5, 5.41) is 3.93. The van der Waals surface area contributed by atoms with Crippen LogP contribution >= 0.6 is 0 Å². The van der Waals surface area contributed by atoms with E-state index in [0.29, 0.717) is 5.69 Å². The van der Waals surface area contributed by atoms with Crippen molar-refractivity contribution in [2.45, 2.75) is 6.92 Å². The van der Waals surface area contributed by atoms with E-state index in [0.717, 1.165) is 0 Å². The molecule has 1 heterocycles. The average Bonchev–Trinajstić information content (AvgIpc) is 2.63. The van der Waals surface area contributed by atoms with Crippen molar-refractivity contribution in [1.82, 2.24) is 9.78 Å². The fraction of sp³-hybridized carbons (Fsp3) is 0.600. The second-order valence-corrected chi connectivity index (χ2v) is 5.68. The largest absolute Gasteiger partial charge is 0.464 e. The number of esters is 1. The summed E-state index contributed by atoms with van der Waals surface area (Å²) in [5.74, 6) is -0.911. The highest BCUT2D eigenvalue weighted by molar-refractivity contribution is 7.92. The number of anilines is 1. The molecule has 0 saturated heterocycles. The van der Waals surface area contributed by atoms with Crippen LogP contribution < -0.4 is 4.72 Å². The van der Waals surface area contributed by atoms with Crippen LogP contribution in [0.1, 0.15) is 16.2 Å². The van der Waals surface area contributed by atoms with E-state index >= 15 is 0 Å². The van der Waals surface area contributed by atoms with Crippen molar-refractivity contribution in [3.63, 3.8) is 0 Å². The van der Waals surface area contributed by atoms with Crippen LogP contribution in [0.25, 0.3) is 0 Å². The summed E-state index contributed by atoms with van der Waals surface area (Å²) < 4.78 is 36.6. The first-order valence-corrected chi connectivity index (χ1v) is 7.09. The zero-order valence-electron chi connectivity index (χ0n) is 11.3. The number of carbonyl (C=O) groups excluding carboxylic acids is 1. The fourth-order valence-electron chi connectivity index (χ4n) is 1.37. The molecule has 1 aromatic rings. The lowest BCUT2D eigenvalue weighted by atomic mass is 10.3. The number of rotatable bonds is 6. The molecule has 0 aromatic carbocycles. The third kappa shape index (κ3) is 3.67. The molecule has 19 heavy (non-hydrogen) atoms. The van der Waals surface area contributed by atoms with Crippen LogP contribution in [-0.4, -0.2) is 50.7 Å². The molecule has 1 rings (SSSR count). The number of hydrogen-bond acceptors (Lipinski definition) is 6. The molecule has 0 aliphatic heterocycles. The topological polar surface area (TPSA) is 99.5 Å². The van der Waals surface area contributed by atoms with E-state index in [1.807, 2.05) is 0 Å². The molecule has 0 saturated carbocycles. The van der Waals surface area contributed by atoms with Gasteiger partial charge >= 0.3 is 5.97 Å². The van der Waals surface area contributed by atoms with Gasteiger partial charge in [-0.05, 0) is 6.92 Å². The Kier molecular flexibility index (Phi) is 4.90. The van der Waals surface area contributed by atoms with Crippen LogP contribution in [-0.2, 0) is 26.5 Å². The normalized spacial score (nSPS) is 11.4. The summed E-state index contributed by atoms with van der Waals surface area (Å²) in [4.78, 5) is 11.5. The van der Waals surface area contributed by atoms with Crippen LogP contribution in [0.15, 0.2) is 0 Å². The van der Waals surface area contributed by atoms with Gasteiger partial charge in [0.15, 0.2) is 5.69 Å². The van der Waals surface area contributed by atoms with E-state index in [9.17, 15) is 13.2 Å². The average molecular weight is 291 g/mol. The highest BCUT2D eigenvalue weighted by Crippen LogP contribution is 2.21. The summed E-state index contributed by atoms with van der Waals surface area (Å²) in [6, 6.07) is 0. The number of nitrogens with zero attached hydrogens (tertiary/aromatic N) is 2. The van der Waals surface area contributed by atoms with Crippen molar-refractivity contribution < 1.29 is 22.7 Å². The van der Waals surface area contributed by atoms with Gasteiger partial charge in [0.1, 0.15) is 5.69 Å². The van der Waals surface area contributed by atoms with Gasteiger partial charge in [0, 0.05) is 14.2 Å². The summed E-state index contributed by atoms with van der Waals surface area (Å²) in [6.07, 6.45) is 0. The van der Waals surface area contributed by atoms with Crippen LogP contribution in [0.4, 0.5) is 5.69 Å². The van der Waals surface area contributed by atoms with Crippen LogP contribution in [0.2, 0.25) is 0 Å². The SMILES string of the molecule is COCCS(=O)(=O)Nc1c(C(=O)OC)nn(C)c1C. The highest BCUT2D eigenvalue weighted by atomic mass is 32.2. The van der Waals surface area contributed by atoms with Crippen LogP contribution in [0.3, 0.4) is 0 Å². The minimum absolute atomic E-state index is 0.0577. The maximum absolute atomic E-state index is 11.8. The van der Waals surface area contributed by atoms with Gasteiger partial charge in [-0.3, -0.25) is 9.40 Å². The van der Waals surface area contributed by atoms with Crippen LogP contribution in [0.5, 0.6) is 0 Å². The highest BCUT2D eigenvalue weighted by Gasteiger charge is 2.23. The maximum atomic E-state index is 11.8.